The van der Waals surface area contributed by atoms with E-state index in [1.54, 1.807) is 0 Å². The van der Waals surface area contributed by atoms with Crippen LogP contribution in [0.4, 0.5) is 4.79 Å². The van der Waals surface area contributed by atoms with Gasteiger partial charge in [0.1, 0.15) is 18.3 Å². The lowest BCUT2D eigenvalue weighted by Crippen LogP contribution is -2.47. The second-order valence-electron chi connectivity index (χ2n) is 3.73. The molecule has 0 aromatic rings. The van der Waals surface area contributed by atoms with E-state index in [1.807, 2.05) is 0 Å². The van der Waals surface area contributed by atoms with Crippen molar-refractivity contribution in [2.24, 2.45) is 0 Å². The van der Waals surface area contributed by atoms with Crippen molar-refractivity contribution >= 4 is 19.7 Å². The Labute approximate surface area is 106 Å². The number of aliphatic hydroxyl groups excluding tert-OH is 3. The van der Waals surface area contributed by atoms with Gasteiger partial charge < -0.3 is 29.8 Å². The first-order chi connectivity index (χ1) is 8.65. The Bertz CT molecular complexity index is 409. The maximum atomic E-state index is 11.5. The molecule has 0 aromatic carbocycles. The van der Waals surface area contributed by atoms with Crippen LogP contribution in [0, 0.1) is 0 Å². The largest absolute Gasteiger partial charge is 0.431 e. The lowest BCUT2D eigenvalue weighted by Gasteiger charge is -2.14. The highest BCUT2D eigenvalue weighted by molar-refractivity contribution is 7.50. The summed E-state index contributed by atoms with van der Waals surface area (Å²) in [6.07, 6.45) is -6.05. The van der Waals surface area contributed by atoms with E-state index in [4.69, 9.17) is 19.6 Å². The minimum absolute atomic E-state index is 0.656. The molecule has 1 fully saturated rings. The van der Waals surface area contributed by atoms with Crippen LogP contribution in [0.5, 0.6) is 0 Å². The van der Waals surface area contributed by atoms with Crippen LogP contribution in [0.3, 0.4) is 0 Å². The van der Waals surface area contributed by atoms with E-state index in [2.05, 4.69) is 0 Å². The van der Waals surface area contributed by atoms with Crippen molar-refractivity contribution in [2.75, 3.05) is 6.61 Å². The number of nitrogens with one attached hydrogen (secondary N) is 2. The van der Waals surface area contributed by atoms with E-state index in [0.29, 0.717) is 0 Å². The molecule has 11 nitrogen and oxygen atoms in total. The predicted octanol–water partition coefficient (Wildman–Crippen LogP) is -3.61. The zero-order valence-electron chi connectivity index (χ0n) is 9.33. The third-order valence-corrected chi connectivity index (χ3v) is 2.78. The van der Waals surface area contributed by atoms with E-state index in [-0.39, 0.29) is 0 Å². The van der Waals surface area contributed by atoms with Gasteiger partial charge in [0.15, 0.2) is 6.10 Å². The van der Waals surface area contributed by atoms with Gasteiger partial charge in [-0.2, -0.15) is 0 Å². The molecule has 110 valence electrons. The van der Waals surface area contributed by atoms with E-state index >= 15 is 0 Å². The second kappa shape index (κ2) is 5.92. The Kier molecular flexibility index (Phi) is 4.98. The number of urea groups is 1. The summed E-state index contributed by atoms with van der Waals surface area (Å²) in [7, 11) is -4.86. The summed E-state index contributed by atoms with van der Waals surface area (Å²) < 4.78 is 15.2. The minimum Gasteiger partial charge on any atom is -0.394 e. The van der Waals surface area contributed by atoms with E-state index in [9.17, 15) is 24.4 Å². The first-order valence-electron chi connectivity index (χ1n) is 4.97. The third-order valence-electron chi connectivity index (χ3n) is 2.28. The molecule has 1 unspecified atom stereocenters. The summed E-state index contributed by atoms with van der Waals surface area (Å²) >= 11 is 0. The average Bonchev–Trinajstić information content (AvgIpc) is 2.53. The molecule has 3 amide bonds. The Balaban J connectivity index is 2.60. The SMILES string of the molecule is O=C(NC(=O)C1O[C@H](CO)[C@@H](O)[C@H]1O)NP(=O)(O)O. The number of carbonyl (C=O) groups excluding carboxylic acids is 2. The van der Waals surface area contributed by atoms with Crippen molar-refractivity contribution in [1.82, 2.24) is 10.4 Å². The maximum absolute atomic E-state index is 11.5. The van der Waals surface area contributed by atoms with Crippen molar-refractivity contribution in [3.05, 3.63) is 0 Å². The van der Waals surface area contributed by atoms with Gasteiger partial charge in [-0.05, 0) is 0 Å². The zero-order chi connectivity index (χ0) is 14.8. The van der Waals surface area contributed by atoms with Crippen molar-refractivity contribution in [1.29, 1.82) is 0 Å². The molecule has 1 saturated heterocycles. The Morgan fingerprint density at radius 3 is 2.21 bits per heavy atom. The molecule has 0 radical (unpaired) electrons. The van der Waals surface area contributed by atoms with E-state index in [0.717, 1.165) is 0 Å². The minimum atomic E-state index is -4.86. The molecule has 0 saturated carbocycles. The van der Waals surface area contributed by atoms with Crippen LogP contribution in [-0.4, -0.2) is 68.1 Å². The summed E-state index contributed by atoms with van der Waals surface area (Å²) in [5, 5.41) is 30.3. The molecule has 0 spiro atoms. The Morgan fingerprint density at radius 1 is 1.21 bits per heavy atom. The molecular formula is C7H13N2O9P. The second-order valence-corrected chi connectivity index (χ2v) is 5.04. The van der Waals surface area contributed by atoms with Crippen LogP contribution in [0.1, 0.15) is 0 Å². The van der Waals surface area contributed by atoms with Gasteiger partial charge in [0.05, 0.1) is 6.61 Å². The van der Waals surface area contributed by atoms with Crippen LogP contribution >= 0.6 is 7.75 Å². The topological polar surface area (TPSA) is 186 Å². The van der Waals surface area contributed by atoms with Crippen LogP contribution in [-0.2, 0) is 14.1 Å². The predicted molar refractivity (Wildman–Crippen MR) is 56.5 cm³/mol. The number of carbonyl (C=O) groups is 2. The fraction of sp³-hybridized carbons (Fsp3) is 0.714. The molecule has 12 heteroatoms. The van der Waals surface area contributed by atoms with E-state index < -0.39 is 50.7 Å². The number of hydrogen-bond donors (Lipinski definition) is 7. The Hall–Kier alpha value is -1.07. The number of hydrogen-bond acceptors (Lipinski definition) is 7. The average molecular weight is 300 g/mol. The van der Waals surface area contributed by atoms with Crippen molar-refractivity contribution in [3.63, 3.8) is 0 Å². The zero-order valence-corrected chi connectivity index (χ0v) is 10.2. The summed E-state index contributed by atoms with van der Waals surface area (Å²) in [6.45, 7) is -0.656. The van der Waals surface area contributed by atoms with Gasteiger partial charge in [-0.25, -0.2) is 14.4 Å². The molecule has 0 bridgehead atoms. The summed E-state index contributed by atoms with van der Waals surface area (Å²) in [5.41, 5.74) is 0. The molecule has 7 N–H and O–H groups in total. The van der Waals surface area contributed by atoms with Crippen LogP contribution in [0.15, 0.2) is 0 Å². The molecule has 0 aromatic heterocycles. The smallest absolute Gasteiger partial charge is 0.394 e. The summed E-state index contributed by atoms with van der Waals surface area (Å²) in [6, 6.07) is -1.49. The summed E-state index contributed by atoms with van der Waals surface area (Å²) in [5.74, 6) is -1.21. The molecule has 1 rings (SSSR count). The number of imide groups is 1. The molecule has 4 atom stereocenters. The highest BCUT2D eigenvalue weighted by Crippen LogP contribution is 2.27. The van der Waals surface area contributed by atoms with Crippen molar-refractivity contribution < 1.29 is 44.0 Å². The number of aliphatic hydroxyl groups is 3. The van der Waals surface area contributed by atoms with E-state index in [1.165, 1.54) is 10.4 Å². The van der Waals surface area contributed by atoms with Gasteiger partial charge in [-0.3, -0.25) is 10.1 Å². The van der Waals surface area contributed by atoms with Crippen molar-refractivity contribution in [2.45, 2.75) is 24.4 Å². The van der Waals surface area contributed by atoms with Gasteiger partial charge in [-0.15, -0.1) is 0 Å². The highest BCUT2D eigenvalue weighted by atomic mass is 31.2. The lowest BCUT2D eigenvalue weighted by atomic mass is 10.1. The van der Waals surface area contributed by atoms with Gasteiger partial charge in [0.25, 0.3) is 5.91 Å². The monoisotopic (exact) mass is 300 g/mol. The molecule has 0 aliphatic carbocycles. The number of amides is 3. The fourth-order valence-corrected chi connectivity index (χ4v) is 1.78. The van der Waals surface area contributed by atoms with Crippen molar-refractivity contribution in [3.8, 4) is 0 Å². The van der Waals surface area contributed by atoms with Crippen LogP contribution < -0.4 is 10.4 Å². The normalized spacial score (nSPS) is 31.0. The van der Waals surface area contributed by atoms with Gasteiger partial charge >= 0.3 is 13.8 Å². The molecular weight excluding hydrogens is 287 g/mol. The van der Waals surface area contributed by atoms with Gasteiger partial charge in [-0.1, -0.05) is 0 Å². The fourth-order valence-electron chi connectivity index (χ4n) is 1.46. The molecule has 1 aliphatic rings. The first-order valence-corrected chi connectivity index (χ1v) is 6.58. The highest BCUT2D eigenvalue weighted by Gasteiger charge is 2.46. The number of rotatable bonds is 3. The van der Waals surface area contributed by atoms with Crippen LogP contribution in [0.25, 0.3) is 0 Å². The first kappa shape index (κ1) is 16.0. The third kappa shape index (κ3) is 4.21. The molecule has 1 heterocycles. The maximum Gasteiger partial charge on any atom is 0.431 e. The molecule has 19 heavy (non-hydrogen) atoms. The lowest BCUT2D eigenvalue weighted by molar-refractivity contribution is -0.135. The number of ether oxygens (including phenoxy) is 1. The molecule has 1 aliphatic heterocycles. The van der Waals surface area contributed by atoms with Gasteiger partial charge in [0, 0.05) is 0 Å². The van der Waals surface area contributed by atoms with Gasteiger partial charge in [0.2, 0.25) is 0 Å². The quantitative estimate of drug-likeness (QED) is 0.258. The standard InChI is InChI=1S/C7H13N2O9P/c10-1-2-3(11)4(12)5(18-2)6(13)8-7(14)9-19(15,16)17/h2-5,10-12H,1H2,(H4,8,9,13,14,15,16,17)/t2-,3-,4-,5?/m1/s1. The van der Waals surface area contributed by atoms with Crippen LogP contribution in [0.2, 0.25) is 0 Å². The Morgan fingerprint density at radius 2 is 1.79 bits per heavy atom. The summed E-state index contributed by atoms with van der Waals surface area (Å²) in [4.78, 5) is 39.3.